The van der Waals surface area contributed by atoms with Crippen LogP contribution in [0.3, 0.4) is 0 Å². The van der Waals surface area contributed by atoms with E-state index >= 15 is 0 Å². The van der Waals surface area contributed by atoms with Crippen LogP contribution in [0.25, 0.3) is 0 Å². The van der Waals surface area contributed by atoms with Crippen LogP contribution in [0.15, 0.2) is 48.8 Å². The molecule has 0 aliphatic heterocycles. The van der Waals surface area contributed by atoms with E-state index in [2.05, 4.69) is 5.32 Å². The van der Waals surface area contributed by atoms with Crippen molar-refractivity contribution in [1.82, 2.24) is 5.32 Å². The third kappa shape index (κ3) is 4.56. The highest BCUT2D eigenvalue weighted by Crippen LogP contribution is 2.05. The van der Waals surface area contributed by atoms with Crippen molar-refractivity contribution in [3.63, 3.8) is 0 Å². The van der Waals surface area contributed by atoms with E-state index in [1.807, 2.05) is 48.1 Å². The molecule has 0 atom stereocenters. The van der Waals surface area contributed by atoms with Gasteiger partial charge in [-0.3, -0.25) is 4.79 Å². The maximum Gasteiger partial charge on any atom is 0.286 e. The molecule has 1 heterocycles. The van der Waals surface area contributed by atoms with Gasteiger partial charge in [-0.15, -0.1) is 0 Å². The normalized spacial score (nSPS) is 10.2. The standard InChI is InChI=1S/C16H18FN3O/c1-19(2)15-7-9-20(10-8-15)12-16(21)18-11-13-3-5-14(17)6-4-13/h3-10H,11-12H2,1-2H3/p+1. The zero-order chi connectivity index (χ0) is 15.2. The number of carbonyl (C=O) groups excluding carboxylic acids is 1. The number of anilines is 1. The number of pyridine rings is 1. The summed E-state index contributed by atoms with van der Waals surface area (Å²) in [6.07, 6.45) is 3.74. The Kier molecular flexibility index (Phi) is 4.87. The summed E-state index contributed by atoms with van der Waals surface area (Å²) in [6.45, 7) is 0.657. The van der Waals surface area contributed by atoms with Crippen molar-refractivity contribution in [2.75, 3.05) is 19.0 Å². The Morgan fingerprint density at radius 1 is 1.14 bits per heavy atom. The van der Waals surface area contributed by atoms with Crippen molar-refractivity contribution >= 4 is 11.6 Å². The highest BCUT2D eigenvalue weighted by molar-refractivity contribution is 5.74. The molecule has 1 aromatic heterocycles. The number of halogens is 1. The van der Waals surface area contributed by atoms with E-state index in [0.717, 1.165) is 11.3 Å². The molecule has 0 aliphatic carbocycles. The lowest BCUT2D eigenvalue weighted by Crippen LogP contribution is -2.42. The van der Waals surface area contributed by atoms with Crippen molar-refractivity contribution in [2.45, 2.75) is 13.1 Å². The van der Waals surface area contributed by atoms with Crippen LogP contribution in [-0.2, 0) is 17.9 Å². The van der Waals surface area contributed by atoms with E-state index in [1.165, 1.54) is 12.1 Å². The number of rotatable bonds is 5. The van der Waals surface area contributed by atoms with Gasteiger partial charge in [-0.25, -0.2) is 4.39 Å². The Morgan fingerprint density at radius 3 is 2.33 bits per heavy atom. The fourth-order valence-electron chi connectivity index (χ4n) is 1.88. The van der Waals surface area contributed by atoms with Crippen molar-refractivity contribution in [1.29, 1.82) is 0 Å². The summed E-state index contributed by atoms with van der Waals surface area (Å²) >= 11 is 0. The van der Waals surface area contributed by atoms with Crippen LogP contribution in [-0.4, -0.2) is 20.0 Å². The Hall–Kier alpha value is -2.43. The number of amides is 1. The molecule has 2 rings (SSSR count). The molecule has 0 spiro atoms. The van der Waals surface area contributed by atoms with Crippen LogP contribution in [0.2, 0.25) is 0 Å². The van der Waals surface area contributed by atoms with Crippen LogP contribution in [0.5, 0.6) is 0 Å². The fourth-order valence-corrected chi connectivity index (χ4v) is 1.88. The van der Waals surface area contributed by atoms with Gasteiger partial charge in [0.15, 0.2) is 12.4 Å². The second kappa shape index (κ2) is 6.83. The summed E-state index contributed by atoms with van der Waals surface area (Å²) in [7, 11) is 3.93. The maximum absolute atomic E-state index is 12.8. The number of hydrogen-bond acceptors (Lipinski definition) is 2. The third-order valence-corrected chi connectivity index (χ3v) is 3.12. The van der Waals surface area contributed by atoms with Crippen molar-refractivity contribution in [3.8, 4) is 0 Å². The molecule has 1 N–H and O–H groups in total. The molecule has 2 aromatic rings. The molecule has 1 aromatic carbocycles. The molecule has 0 unspecified atom stereocenters. The van der Waals surface area contributed by atoms with Crippen LogP contribution in [0.1, 0.15) is 5.56 Å². The van der Waals surface area contributed by atoms with E-state index in [1.54, 1.807) is 12.1 Å². The Bertz CT molecular complexity index is 594. The highest BCUT2D eigenvalue weighted by Gasteiger charge is 2.09. The van der Waals surface area contributed by atoms with E-state index in [-0.39, 0.29) is 18.3 Å². The topological polar surface area (TPSA) is 36.2 Å². The number of nitrogens with zero attached hydrogens (tertiary/aromatic N) is 2. The van der Waals surface area contributed by atoms with E-state index in [4.69, 9.17) is 0 Å². The first-order chi connectivity index (χ1) is 10.0. The molecule has 4 nitrogen and oxygen atoms in total. The molecule has 21 heavy (non-hydrogen) atoms. The third-order valence-electron chi connectivity index (χ3n) is 3.12. The number of nitrogens with one attached hydrogen (secondary N) is 1. The van der Waals surface area contributed by atoms with Gasteiger partial charge in [0.05, 0.1) is 0 Å². The summed E-state index contributed by atoms with van der Waals surface area (Å²) in [6, 6.07) is 10.00. The van der Waals surface area contributed by atoms with Gasteiger partial charge in [-0.2, -0.15) is 4.57 Å². The SMILES string of the molecule is CN(C)c1cc[n+](CC(=O)NCc2ccc(F)cc2)cc1. The first-order valence-electron chi connectivity index (χ1n) is 6.72. The largest absolute Gasteiger partial charge is 0.377 e. The molecule has 0 saturated carbocycles. The second-order valence-electron chi connectivity index (χ2n) is 5.03. The van der Waals surface area contributed by atoms with Crippen LogP contribution >= 0.6 is 0 Å². The number of benzene rings is 1. The molecule has 5 heteroatoms. The van der Waals surface area contributed by atoms with Crippen molar-refractivity contribution in [2.24, 2.45) is 0 Å². The molecule has 0 saturated heterocycles. The van der Waals surface area contributed by atoms with Crippen molar-refractivity contribution < 1.29 is 13.8 Å². The summed E-state index contributed by atoms with van der Waals surface area (Å²) in [5, 5.41) is 2.81. The monoisotopic (exact) mass is 288 g/mol. The summed E-state index contributed by atoms with van der Waals surface area (Å²) in [4.78, 5) is 13.9. The number of carbonyl (C=O) groups is 1. The Labute approximate surface area is 123 Å². The fraction of sp³-hybridized carbons (Fsp3) is 0.250. The van der Waals surface area contributed by atoms with Crippen molar-refractivity contribution in [3.05, 3.63) is 60.2 Å². The zero-order valence-corrected chi connectivity index (χ0v) is 12.2. The van der Waals surface area contributed by atoms with Gasteiger partial charge in [0.25, 0.3) is 5.91 Å². The molecular weight excluding hydrogens is 269 g/mol. The predicted octanol–water partition coefficient (Wildman–Crippen LogP) is 1.50. The van der Waals surface area contributed by atoms with Gasteiger partial charge in [-0.05, 0) is 17.7 Å². The van der Waals surface area contributed by atoms with Gasteiger partial charge >= 0.3 is 0 Å². The average Bonchev–Trinajstić information content (AvgIpc) is 2.47. The highest BCUT2D eigenvalue weighted by atomic mass is 19.1. The lowest BCUT2D eigenvalue weighted by atomic mass is 10.2. The van der Waals surface area contributed by atoms with Gasteiger partial charge in [0, 0.05) is 38.5 Å². The van der Waals surface area contributed by atoms with Gasteiger partial charge in [0.2, 0.25) is 6.54 Å². The lowest BCUT2D eigenvalue weighted by molar-refractivity contribution is -0.684. The van der Waals surface area contributed by atoms with E-state index in [9.17, 15) is 9.18 Å². The number of aromatic nitrogens is 1. The first kappa shape index (κ1) is 15.0. The number of hydrogen-bond donors (Lipinski definition) is 1. The minimum absolute atomic E-state index is 0.0815. The first-order valence-corrected chi connectivity index (χ1v) is 6.72. The zero-order valence-electron chi connectivity index (χ0n) is 12.2. The minimum Gasteiger partial charge on any atom is -0.377 e. The smallest absolute Gasteiger partial charge is 0.286 e. The van der Waals surface area contributed by atoms with Gasteiger partial charge < -0.3 is 10.2 Å². The van der Waals surface area contributed by atoms with E-state index in [0.29, 0.717) is 6.54 Å². The van der Waals surface area contributed by atoms with Gasteiger partial charge in [-0.1, -0.05) is 12.1 Å². The van der Waals surface area contributed by atoms with E-state index < -0.39 is 0 Å². The summed E-state index contributed by atoms with van der Waals surface area (Å²) < 4.78 is 14.6. The lowest BCUT2D eigenvalue weighted by Gasteiger charge is -2.10. The maximum atomic E-state index is 12.8. The molecule has 0 fully saturated rings. The molecule has 110 valence electrons. The second-order valence-corrected chi connectivity index (χ2v) is 5.03. The summed E-state index contributed by atoms with van der Waals surface area (Å²) in [5.74, 6) is -0.358. The minimum atomic E-state index is -0.276. The Morgan fingerprint density at radius 2 is 1.76 bits per heavy atom. The van der Waals surface area contributed by atoms with Crippen LogP contribution in [0.4, 0.5) is 10.1 Å². The van der Waals surface area contributed by atoms with Crippen LogP contribution < -0.4 is 14.8 Å². The molecule has 1 amide bonds. The van der Waals surface area contributed by atoms with Gasteiger partial charge in [0.1, 0.15) is 5.82 Å². The average molecular weight is 288 g/mol. The molecular formula is C16H19FN3O+. The molecule has 0 bridgehead atoms. The predicted molar refractivity (Wildman–Crippen MR) is 79.2 cm³/mol. The van der Waals surface area contributed by atoms with Crippen LogP contribution in [0, 0.1) is 5.82 Å². The quantitative estimate of drug-likeness (QED) is 0.846. The molecule has 0 aliphatic rings. The Balaban J connectivity index is 1.85. The summed E-state index contributed by atoms with van der Waals surface area (Å²) in [5.41, 5.74) is 1.95. The molecule has 0 radical (unpaired) electrons.